The molecular formula is C4H12Bi2Te. The van der Waals surface area contributed by atoms with Gasteiger partial charge >= 0.3 is 65.0 Å². The van der Waals surface area contributed by atoms with Crippen LogP contribution in [0.25, 0.3) is 0 Å². The van der Waals surface area contributed by atoms with Crippen molar-refractivity contribution in [3.8, 4) is 0 Å². The molecule has 0 aromatic heterocycles. The van der Waals surface area contributed by atoms with Gasteiger partial charge in [-0.1, -0.05) is 0 Å². The molecule has 0 bridgehead atoms. The van der Waals surface area contributed by atoms with E-state index in [2.05, 4.69) is 18.5 Å². The van der Waals surface area contributed by atoms with Gasteiger partial charge in [-0.2, -0.15) is 0 Å². The van der Waals surface area contributed by atoms with Crippen molar-refractivity contribution in [3.05, 3.63) is 0 Å². The molecule has 0 aromatic carbocycles. The molecule has 0 amide bonds. The van der Waals surface area contributed by atoms with Crippen molar-refractivity contribution in [2.24, 2.45) is 0 Å². The van der Waals surface area contributed by atoms with Crippen molar-refractivity contribution >= 4 is 70.1 Å². The van der Waals surface area contributed by atoms with Crippen LogP contribution in [0.5, 0.6) is 0 Å². The zero-order valence-electron chi connectivity index (χ0n) is 5.30. The number of hydrogen-bond acceptors (Lipinski definition) is 0. The molecule has 0 nitrogen and oxygen atoms in total. The molecule has 0 aromatic rings. The third-order valence-corrected chi connectivity index (χ3v) is 0. The summed E-state index contributed by atoms with van der Waals surface area (Å²) in [4.78, 5) is 0. The average molecular weight is 606 g/mol. The Labute approximate surface area is 87.1 Å². The zero-order chi connectivity index (χ0) is 5.41. The minimum absolute atomic E-state index is 0. The predicted octanol–water partition coefficient (Wildman–Crippen LogP) is 1.19. The Morgan fingerprint density at radius 2 is 0.714 bits per heavy atom. The van der Waals surface area contributed by atoms with E-state index in [4.69, 9.17) is 0 Å². The van der Waals surface area contributed by atoms with E-state index in [0.29, 0.717) is 0 Å². The van der Waals surface area contributed by atoms with Gasteiger partial charge in [-0.15, -0.1) is 0 Å². The van der Waals surface area contributed by atoms with Gasteiger partial charge in [0, 0.05) is 23.7 Å². The third-order valence-electron chi connectivity index (χ3n) is 0. The second kappa shape index (κ2) is 23.5. The van der Waals surface area contributed by atoms with Crippen molar-refractivity contribution in [1.29, 1.82) is 0 Å². The molecule has 0 aliphatic rings. The SMILES string of the molecule is [CH3][Bi][CH3].[CH3][Bi][CH3].[Te]. The first-order chi connectivity index (χ1) is 2.83. The first-order valence-electron chi connectivity index (χ1n) is 1.79. The molecule has 0 N–H and O–H groups in total. The van der Waals surface area contributed by atoms with E-state index in [1.807, 2.05) is 0 Å². The van der Waals surface area contributed by atoms with Crippen LogP contribution in [-0.2, 0) is 0 Å². The van der Waals surface area contributed by atoms with Gasteiger partial charge in [-0.25, -0.2) is 0 Å². The van der Waals surface area contributed by atoms with Crippen LogP contribution in [-0.4, -0.2) is 70.1 Å². The maximum atomic E-state index is 2.31. The second-order valence-electron chi connectivity index (χ2n) is 0.894. The molecule has 0 atom stereocenters. The van der Waals surface area contributed by atoms with E-state index in [1.165, 1.54) is 0 Å². The minimum Gasteiger partial charge on any atom is 0 e. The largest absolute Gasteiger partial charge is 0 e. The fourth-order valence-electron chi connectivity index (χ4n) is 0. The van der Waals surface area contributed by atoms with Crippen LogP contribution in [0.3, 0.4) is 0 Å². The van der Waals surface area contributed by atoms with E-state index in [0.717, 1.165) is 0 Å². The van der Waals surface area contributed by atoms with Gasteiger partial charge in [0.25, 0.3) is 0 Å². The van der Waals surface area contributed by atoms with Crippen molar-refractivity contribution in [2.75, 3.05) is 0 Å². The van der Waals surface area contributed by atoms with Gasteiger partial charge in [0.05, 0.1) is 0 Å². The van der Waals surface area contributed by atoms with Gasteiger partial charge in [-0.3, -0.25) is 0 Å². The van der Waals surface area contributed by atoms with Gasteiger partial charge in [0.2, 0.25) is 0 Å². The zero-order valence-corrected chi connectivity index (χ0v) is 14.6. The summed E-state index contributed by atoms with van der Waals surface area (Å²) in [6, 6.07) is 0. The summed E-state index contributed by atoms with van der Waals surface area (Å²) in [7, 11) is 0. The first-order valence-corrected chi connectivity index (χ1v) is 15.7. The molecule has 7 heavy (non-hydrogen) atoms. The van der Waals surface area contributed by atoms with E-state index in [-0.39, 0.29) is 70.1 Å². The molecule has 0 aliphatic heterocycles. The molecular weight excluding hydrogens is 594 g/mol. The van der Waals surface area contributed by atoms with Crippen LogP contribution in [0.15, 0.2) is 0 Å². The Morgan fingerprint density at radius 3 is 0.714 bits per heavy atom. The Kier molecular flexibility index (Phi) is 54.7. The molecule has 44 valence electrons. The fraction of sp³-hybridized carbons (Fsp3) is 1.00. The predicted molar refractivity (Wildman–Crippen MR) is 40.7 cm³/mol. The molecule has 0 saturated carbocycles. The maximum Gasteiger partial charge on any atom is 0 e. The van der Waals surface area contributed by atoms with Gasteiger partial charge in [-0.05, 0) is 0 Å². The summed E-state index contributed by atoms with van der Waals surface area (Å²) in [5, 5.41) is 0. The maximum absolute atomic E-state index is 2.31. The quantitative estimate of drug-likeness (QED) is 0.365. The Hall–Kier alpha value is 2.56. The van der Waals surface area contributed by atoms with Crippen LogP contribution < -0.4 is 0 Å². The van der Waals surface area contributed by atoms with E-state index in [1.54, 1.807) is 0 Å². The average Bonchev–Trinajstić information content (AvgIpc) is 1.39. The van der Waals surface area contributed by atoms with Crippen LogP contribution in [0, 0.1) is 0 Å². The van der Waals surface area contributed by atoms with Crippen molar-refractivity contribution in [1.82, 2.24) is 0 Å². The summed E-state index contributed by atoms with van der Waals surface area (Å²) < 4.78 is 9.22. The molecule has 4 radical (unpaired) electrons. The summed E-state index contributed by atoms with van der Waals surface area (Å²) >= 11 is 0.333. The molecule has 0 saturated heterocycles. The molecule has 0 fully saturated rings. The number of rotatable bonds is 0. The van der Waals surface area contributed by atoms with Crippen LogP contribution in [0.1, 0.15) is 0 Å². The minimum atomic E-state index is 0. The van der Waals surface area contributed by atoms with Gasteiger partial charge in [0.1, 0.15) is 0 Å². The van der Waals surface area contributed by atoms with Crippen molar-refractivity contribution in [2.45, 2.75) is 18.5 Å². The van der Waals surface area contributed by atoms with Crippen LogP contribution in [0.4, 0.5) is 0 Å². The molecule has 0 spiro atoms. The summed E-state index contributed by atoms with van der Waals surface area (Å²) in [5.74, 6) is 0. The monoisotopic (exact) mass is 608 g/mol. The first kappa shape index (κ1) is 16.3. The second-order valence-corrected chi connectivity index (χ2v) is 7.85. The normalized spacial score (nSPS) is 5.14. The van der Waals surface area contributed by atoms with E-state index >= 15 is 0 Å². The van der Waals surface area contributed by atoms with E-state index in [9.17, 15) is 0 Å². The number of hydrogen-bond donors (Lipinski definition) is 0. The molecule has 0 unspecified atom stereocenters. The van der Waals surface area contributed by atoms with Crippen molar-refractivity contribution < 1.29 is 0 Å². The van der Waals surface area contributed by atoms with Crippen LogP contribution in [0.2, 0.25) is 18.5 Å². The molecule has 0 rings (SSSR count). The Bertz CT molecular complexity index is 11.7. The van der Waals surface area contributed by atoms with Crippen molar-refractivity contribution in [3.63, 3.8) is 0 Å². The summed E-state index contributed by atoms with van der Waals surface area (Å²) in [5.41, 5.74) is 0. The molecule has 0 heterocycles. The third kappa shape index (κ3) is 56.3. The fourth-order valence-corrected chi connectivity index (χ4v) is 0. The summed E-state index contributed by atoms with van der Waals surface area (Å²) in [6.45, 7) is 0. The molecule has 3 heteroatoms. The van der Waals surface area contributed by atoms with Gasteiger partial charge in [0.15, 0.2) is 0 Å². The Balaban J connectivity index is -0.0000000400. The summed E-state index contributed by atoms with van der Waals surface area (Å²) in [6.07, 6.45) is 0. The van der Waals surface area contributed by atoms with E-state index < -0.39 is 0 Å². The topological polar surface area (TPSA) is 0 Å². The molecule has 0 aliphatic carbocycles. The Morgan fingerprint density at radius 1 is 0.714 bits per heavy atom. The standard InChI is InChI=1S/4CH3.2Bi.Te/h4*1H3;;;. The smallest absolute Gasteiger partial charge is 0 e. The van der Waals surface area contributed by atoms with Gasteiger partial charge < -0.3 is 0 Å². The van der Waals surface area contributed by atoms with Crippen LogP contribution >= 0.6 is 0 Å².